The molecule has 0 aliphatic rings. The van der Waals surface area contributed by atoms with E-state index in [9.17, 15) is 0 Å². The summed E-state index contributed by atoms with van der Waals surface area (Å²) in [6.45, 7) is 2.23. The van der Waals surface area contributed by atoms with Crippen LogP contribution >= 0.6 is 0 Å². The van der Waals surface area contributed by atoms with Crippen LogP contribution in [0.5, 0.6) is 11.5 Å². The number of rotatable bonds is 5. The van der Waals surface area contributed by atoms with E-state index in [-0.39, 0.29) is 0 Å². The Bertz CT molecular complexity index is 780. The minimum Gasteiger partial charge on any atom is -0.493 e. The van der Waals surface area contributed by atoms with Crippen LogP contribution in [0.15, 0.2) is 28.8 Å². The number of methoxy groups -OCH3 is 2. The number of ether oxygens (including phenoxy) is 2. The Kier molecular flexibility index (Phi) is 3.73. The molecule has 114 valence electrons. The summed E-state index contributed by atoms with van der Waals surface area (Å²) in [5, 5.41) is 16.3. The maximum atomic E-state index is 5.27. The maximum Gasteiger partial charge on any atom is 0.205 e. The number of benzene rings is 1. The third kappa shape index (κ3) is 2.76. The van der Waals surface area contributed by atoms with Gasteiger partial charge in [-0.1, -0.05) is 5.16 Å². The van der Waals surface area contributed by atoms with Gasteiger partial charge < -0.3 is 14.0 Å². The molecule has 0 bridgehead atoms. The van der Waals surface area contributed by atoms with Crippen LogP contribution in [0.25, 0.3) is 11.4 Å². The Balaban J connectivity index is 1.84. The van der Waals surface area contributed by atoms with E-state index in [4.69, 9.17) is 14.0 Å². The number of tetrazole rings is 1. The molecule has 0 saturated carbocycles. The molecule has 8 heteroatoms. The molecule has 22 heavy (non-hydrogen) atoms. The van der Waals surface area contributed by atoms with Crippen LogP contribution in [-0.4, -0.2) is 39.6 Å². The van der Waals surface area contributed by atoms with Crippen LogP contribution in [0.3, 0.4) is 0 Å². The van der Waals surface area contributed by atoms with Crippen molar-refractivity contribution in [2.45, 2.75) is 13.5 Å². The first-order valence-electron chi connectivity index (χ1n) is 6.62. The maximum absolute atomic E-state index is 5.27. The third-order valence-electron chi connectivity index (χ3n) is 3.07. The Morgan fingerprint density at radius 2 is 1.95 bits per heavy atom. The fraction of sp³-hybridized carbons (Fsp3) is 0.286. The van der Waals surface area contributed by atoms with Crippen molar-refractivity contribution in [2.75, 3.05) is 14.2 Å². The molecule has 2 heterocycles. The molecule has 0 saturated heterocycles. The molecule has 1 aromatic carbocycles. The summed E-state index contributed by atoms with van der Waals surface area (Å²) in [4.78, 5) is 1.46. The summed E-state index contributed by atoms with van der Waals surface area (Å²) in [6.07, 6.45) is 0. The summed E-state index contributed by atoms with van der Waals surface area (Å²) in [7, 11) is 3.17. The van der Waals surface area contributed by atoms with E-state index in [2.05, 4.69) is 20.6 Å². The van der Waals surface area contributed by atoms with E-state index in [1.54, 1.807) is 26.4 Å². The molecule has 0 aliphatic heterocycles. The van der Waals surface area contributed by atoms with E-state index in [0.717, 1.165) is 17.0 Å². The summed E-state index contributed by atoms with van der Waals surface area (Å²) < 4.78 is 15.5. The predicted molar refractivity (Wildman–Crippen MR) is 76.7 cm³/mol. The predicted octanol–water partition coefficient (Wildman–Crippen LogP) is 1.70. The van der Waals surface area contributed by atoms with Crippen molar-refractivity contribution in [2.24, 2.45) is 0 Å². The molecule has 0 spiro atoms. The van der Waals surface area contributed by atoms with Crippen molar-refractivity contribution >= 4 is 0 Å². The number of hydrogen-bond donors (Lipinski definition) is 0. The van der Waals surface area contributed by atoms with Crippen molar-refractivity contribution in [3.05, 3.63) is 35.7 Å². The molecule has 3 aromatic rings. The lowest BCUT2D eigenvalue weighted by Crippen LogP contribution is -2.04. The van der Waals surface area contributed by atoms with Crippen molar-refractivity contribution < 1.29 is 14.0 Å². The van der Waals surface area contributed by atoms with Crippen LogP contribution in [0.4, 0.5) is 0 Å². The Hall–Kier alpha value is -2.90. The SMILES string of the molecule is COc1ccc(-c2nnn(Cc3cc(C)on3)n2)cc1OC. The van der Waals surface area contributed by atoms with Crippen LogP contribution in [0, 0.1) is 6.92 Å². The molecule has 0 aliphatic carbocycles. The minimum absolute atomic E-state index is 0.400. The highest BCUT2D eigenvalue weighted by Crippen LogP contribution is 2.30. The first-order valence-corrected chi connectivity index (χ1v) is 6.62. The van der Waals surface area contributed by atoms with Crippen molar-refractivity contribution in [1.29, 1.82) is 0 Å². The van der Waals surface area contributed by atoms with Gasteiger partial charge in [-0.2, -0.15) is 4.80 Å². The molecular formula is C14H15N5O3. The number of hydrogen-bond acceptors (Lipinski definition) is 7. The van der Waals surface area contributed by atoms with E-state index >= 15 is 0 Å². The third-order valence-corrected chi connectivity index (χ3v) is 3.07. The van der Waals surface area contributed by atoms with Gasteiger partial charge in [-0.25, -0.2) is 0 Å². The van der Waals surface area contributed by atoms with E-state index < -0.39 is 0 Å². The minimum atomic E-state index is 0.400. The normalized spacial score (nSPS) is 10.7. The monoisotopic (exact) mass is 301 g/mol. The fourth-order valence-electron chi connectivity index (χ4n) is 2.04. The van der Waals surface area contributed by atoms with Gasteiger partial charge in [-0.15, -0.1) is 10.2 Å². The number of aryl methyl sites for hydroxylation is 1. The first kappa shape index (κ1) is 14.1. The smallest absolute Gasteiger partial charge is 0.205 e. The van der Waals surface area contributed by atoms with Crippen molar-refractivity contribution in [3.8, 4) is 22.9 Å². The standard InChI is InChI=1S/C14H15N5O3/c1-9-6-11(17-22-9)8-19-16-14(15-18-19)10-4-5-12(20-2)13(7-10)21-3/h4-7H,8H2,1-3H3. The van der Waals surface area contributed by atoms with Crippen LogP contribution < -0.4 is 9.47 Å². The summed E-state index contributed by atoms with van der Waals surface area (Å²) in [5.74, 6) is 2.51. The molecule has 0 unspecified atom stereocenters. The van der Waals surface area contributed by atoms with Gasteiger partial charge in [0.2, 0.25) is 5.82 Å². The van der Waals surface area contributed by atoms with Crippen molar-refractivity contribution in [3.63, 3.8) is 0 Å². The summed E-state index contributed by atoms with van der Waals surface area (Å²) in [6, 6.07) is 7.29. The lowest BCUT2D eigenvalue weighted by Gasteiger charge is -2.07. The Labute approximate surface area is 126 Å². The van der Waals surface area contributed by atoms with Gasteiger partial charge >= 0.3 is 0 Å². The summed E-state index contributed by atoms with van der Waals surface area (Å²) in [5.41, 5.74) is 1.54. The molecule has 0 radical (unpaired) electrons. The van der Waals surface area contributed by atoms with Gasteiger partial charge in [-0.3, -0.25) is 0 Å². The zero-order valence-corrected chi connectivity index (χ0v) is 12.5. The second-order valence-corrected chi connectivity index (χ2v) is 4.64. The van der Waals surface area contributed by atoms with Gasteiger partial charge in [0, 0.05) is 11.6 Å². The zero-order valence-electron chi connectivity index (χ0n) is 12.5. The molecule has 2 aromatic heterocycles. The van der Waals surface area contributed by atoms with Gasteiger partial charge in [0.05, 0.1) is 14.2 Å². The quantitative estimate of drug-likeness (QED) is 0.708. The van der Waals surface area contributed by atoms with E-state index in [1.807, 2.05) is 19.1 Å². The molecule has 0 N–H and O–H groups in total. The highest BCUT2D eigenvalue weighted by molar-refractivity contribution is 5.60. The van der Waals surface area contributed by atoms with Gasteiger partial charge in [0.15, 0.2) is 11.5 Å². The molecule has 8 nitrogen and oxygen atoms in total. The largest absolute Gasteiger partial charge is 0.493 e. The average Bonchev–Trinajstić information content (AvgIpc) is 3.16. The lowest BCUT2D eigenvalue weighted by molar-refractivity contribution is 0.355. The van der Waals surface area contributed by atoms with E-state index in [1.165, 1.54) is 4.80 Å². The van der Waals surface area contributed by atoms with Gasteiger partial charge in [0.25, 0.3) is 0 Å². The van der Waals surface area contributed by atoms with Gasteiger partial charge in [0.1, 0.15) is 18.0 Å². The fourth-order valence-corrected chi connectivity index (χ4v) is 2.04. The number of nitrogens with zero attached hydrogens (tertiary/aromatic N) is 5. The Morgan fingerprint density at radius 1 is 1.14 bits per heavy atom. The van der Waals surface area contributed by atoms with E-state index in [0.29, 0.717) is 23.9 Å². The van der Waals surface area contributed by atoms with Crippen molar-refractivity contribution in [1.82, 2.24) is 25.4 Å². The molecule has 0 amide bonds. The highest BCUT2D eigenvalue weighted by Gasteiger charge is 2.11. The lowest BCUT2D eigenvalue weighted by atomic mass is 10.2. The number of aromatic nitrogens is 5. The second-order valence-electron chi connectivity index (χ2n) is 4.64. The topological polar surface area (TPSA) is 88.1 Å². The van der Waals surface area contributed by atoms with Crippen LogP contribution in [-0.2, 0) is 6.54 Å². The zero-order chi connectivity index (χ0) is 15.5. The molecule has 0 atom stereocenters. The highest BCUT2D eigenvalue weighted by atomic mass is 16.5. The Morgan fingerprint density at radius 3 is 2.64 bits per heavy atom. The first-order chi connectivity index (χ1) is 10.7. The second kappa shape index (κ2) is 5.84. The van der Waals surface area contributed by atoms with Crippen LogP contribution in [0.2, 0.25) is 0 Å². The summed E-state index contributed by atoms with van der Waals surface area (Å²) >= 11 is 0. The van der Waals surface area contributed by atoms with Gasteiger partial charge in [-0.05, 0) is 30.3 Å². The molecular weight excluding hydrogens is 286 g/mol. The average molecular weight is 301 g/mol. The molecule has 3 rings (SSSR count). The molecule has 0 fully saturated rings. The van der Waals surface area contributed by atoms with Crippen LogP contribution in [0.1, 0.15) is 11.5 Å².